The van der Waals surface area contributed by atoms with Crippen LogP contribution >= 0.6 is 0 Å². The van der Waals surface area contributed by atoms with Crippen LogP contribution in [-0.2, 0) is 9.53 Å². The molecule has 3 heteroatoms. The van der Waals surface area contributed by atoms with E-state index in [1.54, 1.807) is 6.92 Å². The minimum absolute atomic E-state index is 0.131. The fraction of sp³-hybridized carbons (Fsp3) is 0.667. The number of carbonyl (C=O) groups excluding carboxylic acids is 1. The van der Waals surface area contributed by atoms with Crippen molar-refractivity contribution < 1.29 is 13.9 Å². The number of halogens is 1. The molecule has 100 valence electrons. The normalized spacial score (nSPS) is 23.1. The highest BCUT2D eigenvalue weighted by Gasteiger charge is 2.69. The van der Waals surface area contributed by atoms with E-state index in [0.29, 0.717) is 6.42 Å². The largest absolute Gasteiger partial charge is 0.441 e. The van der Waals surface area contributed by atoms with Crippen molar-refractivity contribution in [2.24, 2.45) is 16.7 Å². The summed E-state index contributed by atoms with van der Waals surface area (Å²) in [5.74, 6) is 0.967. The van der Waals surface area contributed by atoms with Crippen molar-refractivity contribution in [3.8, 4) is 12.3 Å². The Labute approximate surface area is 109 Å². The molecular formula is C15H21FO2. The number of terminal acetylenes is 1. The van der Waals surface area contributed by atoms with Gasteiger partial charge in [-0.25, -0.2) is 4.39 Å². The van der Waals surface area contributed by atoms with Crippen LogP contribution in [0.1, 0.15) is 41.0 Å². The van der Waals surface area contributed by atoms with Crippen LogP contribution in [0, 0.1) is 29.1 Å². The van der Waals surface area contributed by atoms with Gasteiger partial charge in [-0.15, -0.1) is 6.42 Å². The first-order chi connectivity index (χ1) is 8.20. The molecule has 0 N–H and O–H groups in total. The van der Waals surface area contributed by atoms with Gasteiger partial charge in [0, 0.05) is 0 Å². The molecular weight excluding hydrogens is 231 g/mol. The first-order valence-corrected chi connectivity index (χ1v) is 6.22. The van der Waals surface area contributed by atoms with E-state index >= 15 is 0 Å². The average Bonchev–Trinajstić information content (AvgIpc) is 2.66. The molecule has 0 aromatic carbocycles. The van der Waals surface area contributed by atoms with E-state index in [2.05, 4.69) is 5.92 Å². The Morgan fingerprint density at radius 2 is 1.94 bits per heavy atom. The van der Waals surface area contributed by atoms with Gasteiger partial charge in [0.15, 0.2) is 0 Å². The number of allylic oxidation sites excluding steroid dienone is 1. The fourth-order valence-electron chi connectivity index (χ4n) is 2.44. The van der Waals surface area contributed by atoms with Gasteiger partial charge in [-0.3, -0.25) is 4.79 Å². The zero-order chi connectivity index (χ0) is 14.1. The smallest absolute Gasteiger partial charge is 0.311 e. The van der Waals surface area contributed by atoms with Gasteiger partial charge in [-0.1, -0.05) is 40.5 Å². The number of hydrogen-bond donors (Lipinski definition) is 0. The Bertz CT molecular complexity index is 399. The number of esters is 1. The van der Waals surface area contributed by atoms with Crippen molar-refractivity contribution >= 4 is 5.97 Å². The summed E-state index contributed by atoms with van der Waals surface area (Å²) in [6.07, 6.45) is 5.86. The highest BCUT2D eigenvalue weighted by Crippen LogP contribution is 2.68. The molecule has 1 saturated carbocycles. The van der Waals surface area contributed by atoms with Crippen LogP contribution in [0.15, 0.2) is 11.9 Å². The third kappa shape index (κ3) is 2.29. The molecule has 18 heavy (non-hydrogen) atoms. The first-order valence-electron chi connectivity index (χ1n) is 6.22. The number of hydrogen-bond acceptors (Lipinski definition) is 2. The average molecular weight is 252 g/mol. The summed E-state index contributed by atoms with van der Waals surface area (Å²) >= 11 is 0. The van der Waals surface area contributed by atoms with Crippen molar-refractivity contribution in [1.29, 1.82) is 0 Å². The van der Waals surface area contributed by atoms with Crippen molar-refractivity contribution in [1.82, 2.24) is 0 Å². The molecule has 0 amide bonds. The summed E-state index contributed by atoms with van der Waals surface area (Å²) in [5.41, 5.74) is -0.262. The minimum Gasteiger partial charge on any atom is -0.441 e. The molecule has 0 saturated heterocycles. The van der Waals surface area contributed by atoms with Crippen LogP contribution < -0.4 is 0 Å². The quantitative estimate of drug-likeness (QED) is 0.565. The molecule has 0 spiro atoms. The van der Waals surface area contributed by atoms with Gasteiger partial charge in [0.25, 0.3) is 0 Å². The van der Waals surface area contributed by atoms with E-state index < -0.39 is 17.9 Å². The molecule has 0 radical (unpaired) electrons. The molecule has 1 unspecified atom stereocenters. The van der Waals surface area contributed by atoms with Gasteiger partial charge in [-0.2, -0.15) is 0 Å². The van der Waals surface area contributed by atoms with Crippen molar-refractivity contribution in [3.63, 3.8) is 0 Å². The third-order valence-corrected chi connectivity index (χ3v) is 4.29. The van der Waals surface area contributed by atoms with Crippen LogP contribution in [0.25, 0.3) is 0 Å². The van der Waals surface area contributed by atoms with E-state index in [9.17, 15) is 9.18 Å². The Morgan fingerprint density at radius 1 is 1.44 bits per heavy atom. The highest BCUT2D eigenvalue weighted by molar-refractivity contribution is 5.79. The van der Waals surface area contributed by atoms with Crippen molar-refractivity contribution in [2.75, 3.05) is 0 Å². The SMILES string of the molecule is C#CC(OC(=O)C1C(C)(C)C1(C)C)C(F)=CCC. The van der Waals surface area contributed by atoms with Crippen LogP contribution in [-0.4, -0.2) is 12.1 Å². The lowest BCUT2D eigenvalue weighted by molar-refractivity contribution is -0.148. The molecule has 1 aliphatic carbocycles. The number of carbonyl (C=O) groups is 1. The number of rotatable bonds is 4. The summed E-state index contributed by atoms with van der Waals surface area (Å²) < 4.78 is 18.6. The minimum atomic E-state index is -1.19. The van der Waals surface area contributed by atoms with E-state index in [1.165, 1.54) is 6.08 Å². The van der Waals surface area contributed by atoms with Crippen molar-refractivity contribution in [3.05, 3.63) is 11.9 Å². The molecule has 0 bridgehead atoms. The molecule has 1 aliphatic rings. The molecule has 0 aromatic rings. The second-order valence-electron chi connectivity index (χ2n) is 5.86. The van der Waals surface area contributed by atoms with E-state index in [0.717, 1.165) is 0 Å². The lowest BCUT2D eigenvalue weighted by Crippen LogP contribution is -2.20. The van der Waals surface area contributed by atoms with Crippen LogP contribution in [0.5, 0.6) is 0 Å². The number of ether oxygens (including phenoxy) is 1. The molecule has 2 nitrogen and oxygen atoms in total. The summed E-state index contributed by atoms with van der Waals surface area (Å²) in [6, 6.07) is 0. The summed E-state index contributed by atoms with van der Waals surface area (Å²) in [4.78, 5) is 12.0. The van der Waals surface area contributed by atoms with E-state index in [4.69, 9.17) is 11.2 Å². The van der Waals surface area contributed by atoms with Gasteiger partial charge in [0.05, 0.1) is 5.92 Å². The van der Waals surface area contributed by atoms with Gasteiger partial charge in [-0.05, 0) is 23.3 Å². The Balaban J connectivity index is 2.73. The second kappa shape index (κ2) is 4.76. The Kier molecular flexibility index (Phi) is 3.90. The summed E-state index contributed by atoms with van der Waals surface area (Å²) in [6.45, 7) is 9.80. The van der Waals surface area contributed by atoms with Crippen molar-refractivity contribution in [2.45, 2.75) is 47.1 Å². The lowest BCUT2D eigenvalue weighted by atomic mass is 10.0. The summed E-state index contributed by atoms with van der Waals surface area (Å²) in [7, 11) is 0. The molecule has 1 rings (SSSR count). The maximum Gasteiger partial charge on any atom is 0.311 e. The van der Waals surface area contributed by atoms with E-state index in [1.807, 2.05) is 27.7 Å². The second-order valence-corrected chi connectivity index (χ2v) is 5.86. The van der Waals surface area contributed by atoms with Gasteiger partial charge in [0.2, 0.25) is 6.10 Å². The molecule has 0 aromatic heterocycles. The lowest BCUT2D eigenvalue weighted by Gasteiger charge is -2.11. The zero-order valence-electron chi connectivity index (χ0n) is 11.7. The van der Waals surface area contributed by atoms with Gasteiger partial charge < -0.3 is 4.74 Å². The summed E-state index contributed by atoms with van der Waals surface area (Å²) in [5, 5.41) is 0. The molecule has 0 heterocycles. The first kappa shape index (κ1) is 14.8. The van der Waals surface area contributed by atoms with Crippen LogP contribution in [0.4, 0.5) is 4.39 Å². The third-order valence-electron chi connectivity index (χ3n) is 4.29. The molecule has 1 fully saturated rings. The molecule has 1 atom stereocenters. The highest BCUT2D eigenvalue weighted by atomic mass is 19.1. The predicted molar refractivity (Wildman–Crippen MR) is 69.2 cm³/mol. The van der Waals surface area contributed by atoms with E-state index in [-0.39, 0.29) is 16.7 Å². The standard InChI is InChI=1S/C15H21FO2/c1-7-9-10(16)11(8-2)18-13(17)12-14(3,4)15(12,5)6/h2,9,11-12H,7H2,1,3-6H3. The Morgan fingerprint density at radius 3 is 2.28 bits per heavy atom. The maximum atomic E-state index is 13.5. The zero-order valence-corrected chi connectivity index (χ0v) is 11.7. The predicted octanol–water partition coefficient (Wildman–Crippen LogP) is 3.48. The maximum absolute atomic E-state index is 13.5. The van der Waals surface area contributed by atoms with Crippen LogP contribution in [0.3, 0.4) is 0 Å². The van der Waals surface area contributed by atoms with Crippen LogP contribution in [0.2, 0.25) is 0 Å². The van der Waals surface area contributed by atoms with Gasteiger partial charge >= 0.3 is 5.97 Å². The Hall–Kier alpha value is -1.30. The van der Waals surface area contributed by atoms with Gasteiger partial charge in [0.1, 0.15) is 5.83 Å². The topological polar surface area (TPSA) is 26.3 Å². The monoisotopic (exact) mass is 252 g/mol. The fourth-order valence-corrected chi connectivity index (χ4v) is 2.44. The molecule has 0 aliphatic heterocycles.